The first kappa shape index (κ1) is 21.2. The van der Waals surface area contributed by atoms with Gasteiger partial charge in [0.25, 0.3) is 0 Å². The number of para-hydroxylation sites is 1. The molecule has 5 rings (SSSR count). The SMILES string of the molecule is CCOc1nc2sc3c(c2c2nnc(SCC(=O)Nc4ccccc4)n12)CC(C)(C)OC3. The molecule has 4 heterocycles. The van der Waals surface area contributed by atoms with E-state index in [1.807, 2.05) is 41.7 Å². The minimum absolute atomic E-state index is 0.114. The molecule has 0 unspecified atom stereocenters. The number of rotatable bonds is 6. The summed E-state index contributed by atoms with van der Waals surface area (Å²) < 4.78 is 13.6. The number of thioether (sulfide) groups is 1. The Balaban J connectivity index is 1.51. The molecule has 1 N–H and O–H groups in total. The van der Waals surface area contributed by atoms with Crippen LogP contribution in [0.4, 0.5) is 5.69 Å². The number of ether oxygens (including phenoxy) is 2. The molecule has 0 saturated heterocycles. The van der Waals surface area contributed by atoms with Crippen LogP contribution in [0, 0.1) is 0 Å². The molecule has 0 radical (unpaired) electrons. The molecule has 0 saturated carbocycles. The van der Waals surface area contributed by atoms with Crippen LogP contribution in [-0.2, 0) is 22.6 Å². The number of carbonyl (C=O) groups is 1. The molecule has 1 aliphatic heterocycles. The summed E-state index contributed by atoms with van der Waals surface area (Å²) in [5.41, 5.74) is 2.44. The van der Waals surface area contributed by atoms with Gasteiger partial charge >= 0.3 is 6.01 Å². The third kappa shape index (κ3) is 3.94. The Hall–Kier alpha value is -2.69. The summed E-state index contributed by atoms with van der Waals surface area (Å²) in [5, 5.41) is 13.3. The quantitative estimate of drug-likeness (QED) is 0.421. The number of amides is 1. The van der Waals surface area contributed by atoms with Crippen molar-refractivity contribution in [1.82, 2.24) is 19.6 Å². The zero-order chi connectivity index (χ0) is 22.3. The molecule has 0 fully saturated rings. The van der Waals surface area contributed by atoms with Gasteiger partial charge in [-0.1, -0.05) is 30.0 Å². The molecule has 1 aromatic carbocycles. The van der Waals surface area contributed by atoms with E-state index in [4.69, 9.17) is 14.5 Å². The molecule has 32 heavy (non-hydrogen) atoms. The number of benzene rings is 1. The maximum atomic E-state index is 12.4. The third-order valence-corrected chi connectivity index (χ3v) is 7.21. The standard InChI is InChI=1S/C22H23N5O3S2/c1-4-29-20-24-19-17(14-10-22(2,3)30-11-15(14)32-19)18-25-26-21(27(18)20)31-12-16(28)23-13-8-6-5-7-9-13/h5-9H,4,10-12H2,1-3H3,(H,23,28). The number of hydrogen-bond acceptors (Lipinski definition) is 8. The van der Waals surface area contributed by atoms with Gasteiger partial charge in [0, 0.05) is 17.0 Å². The van der Waals surface area contributed by atoms with E-state index >= 15 is 0 Å². The highest BCUT2D eigenvalue weighted by atomic mass is 32.2. The first-order chi connectivity index (χ1) is 15.4. The Morgan fingerprint density at radius 1 is 1.31 bits per heavy atom. The largest absolute Gasteiger partial charge is 0.465 e. The van der Waals surface area contributed by atoms with E-state index in [2.05, 4.69) is 29.4 Å². The Bertz CT molecular complexity index is 1300. The summed E-state index contributed by atoms with van der Waals surface area (Å²) in [7, 11) is 0. The molecule has 10 heteroatoms. The highest BCUT2D eigenvalue weighted by Crippen LogP contribution is 2.41. The van der Waals surface area contributed by atoms with E-state index in [1.54, 1.807) is 11.3 Å². The average molecular weight is 470 g/mol. The lowest BCUT2D eigenvalue weighted by atomic mass is 9.94. The van der Waals surface area contributed by atoms with Crippen LogP contribution in [-0.4, -0.2) is 43.5 Å². The van der Waals surface area contributed by atoms with Gasteiger partial charge in [-0.2, -0.15) is 4.98 Å². The molecule has 0 spiro atoms. The minimum Gasteiger partial charge on any atom is -0.465 e. The van der Waals surface area contributed by atoms with Crippen LogP contribution in [0.2, 0.25) is 0 Å². The fourth-order valence-electron chi connectivity index (χ4n) is 3.76. The number of hydrogen-bond donors (Lipinski definition) is 1. The topological polar surface area (TPSA) is 90.6 Å². The van der Waals surface area contributed by atoms with Crippen molar-refractivity contribution < 1.29 is 14.3 Å². The summed E-state index contributed by atoms with van der Waals surface area (Å²) in [6.45, 7) is 7.13. The fourth-order valence-corrected chi connectivity index (χ4v) is 5.57. The first-order valence-corrected chi connectivity index (χ1v) is 12.2. The number of nitrogens with one attached hydrogen (secondary N) is 1. The maximum absolute atomic E-state index is 12.4. The van der Waals surface area contributed by atoms with Crippen molar-refractivity contribution in [2.45, 2.75) is 44.6 Å². The summed E-state index contributed by atoms with van der Waals surface area (Å²) in [6.07, 6.45) is 0.780. The number of thiophene rings is 1. The van der Waals surface area contributed by atoms with Crippen LogP contribution in [0.15, 0.2) is 35.5 Å². The van der Waals surface area contributed by atoms with Crippen LogP contribution >= 0.6 is 23.1 Å². The van der Waals surface area contributed by atoms with E-state index < -0.39 is 0 Å². The molecular weight excluding hydrogens is 446 g/mol. The molecule has 166 valence electrons. The molecule has 8 nitrogen and oxygen atoms in total. The van der Waals surface area contributed by atoms with E-state index in [-0.39, 0.29) is 17.3 Å². The van der Waals surface area contributed by atoms with Gasteiger partial charge in [-0.05, 0) is 38.5 Å². The molecule has 4 aromatic rings. The van der Waals surface area contributed by atoms with Crippen molar-refractivity contribution in [3.63, 3.8) is 0 Å². The van der Waals surface area contributed by atoms with Gasteiger partial charge in [-0.25, -0.2) is 4.40 Å². The molecule has 3 aromatic heterocycles. The van der Waals surface area contributed by atoms with Crippen LogP contribution in [0.1, 0.15) is 31.2 Å². The summed E-state index contributed by atoms with van der Waals surface area (Å²) >= 11 is 2.92. The lowest BCUT2D eigenvalue weighted by molar-refractivity contribution is -0.113. The van der Waals surface area contributed by atoms with E-state index in [1.165, 1.54) is 22.2 Å². The lowest BCUT2D eigenvalue weighted by Gasteiger charge is -2.30. The van der Waals surface area contributed by atoms with Gasteiger partial charge in [-0.3, -0.25) is 4.79 Å². The predicted molar refractivity (Wildman–Crippen MR) is 126 cm³/mol. The third-order valence-electron chi connectivity index (χ3n) is 5.18. The van der Waals surface area contributed by atoms with Gasteiger partial charge in [0.05, 0.1) is 30.0 Å². The van der Waals surface area contributed by atoms with Crippen molar-refractivity contribution in [1.29, 1.82) is 0 Å². The Morgan fingerprint density at radius 3 is 2.91 bits per heavy atom. The molecule has 1 amide bonds. The summed E-state index contributed by atoms with van der Waals surface area (Å²) in [6, 6.07) is 9.82. The minimum atomic E-state index is -0.246. The first-order valence-electron chi connectivity index (χ1n) is 10.4. The second-order valence-electron chi connectivity index (χ2n) is 8.08. The Morgan fingerprint density at radius 2 is 2.12 bits per heavy atom. The lowest BCUT2D eigenvalue weighted by Crippen LogP contribution is -2.31. The summed E-state index contributed by atoms with van der Waals surface area (Å²) in [4.78, 5) is 19.3. The second kappa shape index (κ2) is 8.34. The van der Waals surface area contributed by atoms with Crippen LogP contribution in [0.3, 0.4) is 0 Å². The van der Waals surface area contributed by atoms with Gasteiger partial charge in [0.2, 0.25) is 5.91 Å². The normalized spacial score (nSPS) is 15.1. The van der Waals surface area contributed by atoms with Gasteiger partial charge < -0.3 is 14.8 Å². The molecule has 0 bridgehead atoms. The molecule has 1 aliphatic rings. The maximum Gasteiger partial charge on any atom is 0.305 e. The van der Waals surface area contributed by atoms with Gasteiger partial charge in [0.1, 0.15) is 4.83 Å². The van der Waals surface area contributed by atoms with Gasteiger partial charge in [-0.15, -0.1) is 21.5 Å². The van der Waals surface area contributed by atoms with E-state index in [0.29, 0.717) is 30.0 Å². The Labute approximate surface area is 193 Å². The molecule has 0 atom stereocenters. The number of carbonyl (C=O) groups excluding carboxylic acids is 1. The van der Waals surface area contributed by atoms with Crippen LogP contribution < -0.4 is 10.1 Å². The summed E-state index contributed by atoms with van der Waals surface area (Å²) in [5.74, 6) is 0.0822. The van der Waals surface area contributed by atoms with Crippen molar-refractivity contribution in [2.24, 2.45) is 0 Å². The fraction of sp³-hybridized carbons (Fsp3) is 0.364. The van der Waals surface area contributed by atoms with Crippen molar-refractivity contribution in [3.8, 4) is 6.01 Å². The van der Waals surface area contributed by atoms with Crippen LogP contribution in [0.25, 0.3) is 15.9 Å². The van der Waals surface area contributed by atoms with E-state index in [9.17, 15) is 4.79 Å². The highest BCUT2D eigenvalue weighted by molar-refractivity contribution is 7.99. The average Bonchev–Trinajstić information content (AvgIpc) is 3.33. The van der Waals surface area contributed by atoms with Crippen molar-refractivity contribution >= 4 is 50.6 Å². The van der Waals surface area contributed by atoms with Gasteiger partial charge in [0.15, 0.2) is 10.8 Å². The van der Waals surface area contributed by atoms with Crippen LogP contribution in [0.5, 0.6) is 6.01 Å². The number of nitrogens with zero attached hydrogens (tertiary/aromatic N) is 4. The number of aromatic nitrogens is 4. The Kier molecular flexibility index (Phi) is 5.52. The predicted octanol–water partition coefficient (Wildman–Crippen LogP) is 4.32. The zero-order valence-corrected chi connectivity index (χ0v) is 19.7. The van der Waals surface area contributed by atoms with E-state index in [0.717, 1.165) is 22.3 Å². The smallest absolute Gasteiger partial charge is 0.305 e. The molecule has 0 aliphatic carbocycles. The van der Waals surface area contributed by atoms with Crippen molar-refractivity contribution in [3.05, 3.63) is 40.8 Å². The number of anilines is 1. The monoisotopic (exact) mass is 469 g/mol. The number of fused-ring (bicyclic) bond motifs is 5. The molecular formula is C22H23N5O3S2. The zero-order valence-electron chi connectivity index (χ0n) is 18.0. The van der Waals surface area contributed by atoms with Crippen molar-refractivity contribution in [2.75, 3.05) is 17.7 Å². The highest BCUT2D eigenvalue weighted by Gasteiger charge is 2.32. The second-order valence-corrected chi connectivity index (χ2v) is 10.1.